The molecule has 0 atom stereocenters. The zero-order chi connectivity index (χ0) is 19.8. The van der Waals surface area contributed by atoms with Crippen LogP contribution in [0.2, 0.25) is 0 Å². The molecule has 0 fully saturated rings. The van der Waals surface area contributed by atoms with Crippen molar-refractivity contribution in [2.24, 2.45) is 0 Å². The Kier molecular flexibility index (Phi) is 7.13. The van der Waals surface area contributed by atoms with E-state index in [2.05, 4.69) is 10.6 Å². The van der Waals surface area contributed by atoms with Gasteiger partial charge in [0.2, 0.25) is 0 Å². The minimum Gasteiger partial charge on any atom is -0.452 e. The molecule has 8 nitrogen and oxygen atoms in total. The lowest BCUT2D eigenvalue weighted by molar-refractivity contribution is -0.123. The van der Waals surface area contributed by atoms with Crippen LogP contribution in [0.15, 0.2) is 36.4 Å². The molecule has 2 aromatic rings. The van der Waals surface area contributed by atoms with Crippen LogP contribution < -0.4 is 10.6 Å². The molecule has 1 heterocycles. The van der Waals surface area contributed by atoms with E-state index >= 15 is 0 Å². The summed E-state index contributed by atoms with van der Waals surface area (Å²) in [5.41, 5.74) is 2.87. The zero-order valence-corrected chi connectivity index (χ0v) is 15.6. The van der Waals surface area contributed by atoms with Gasteiger partial charge in [0.25, 0.3) is 5.91 Å². The van der Waals surface area contributed by atoms with E-state index in [0.29, 0.717) is 17.9 Å². The number of esters is 1. The minimum absolute atomic E-state index is 0.265. The molecule has 144 valence electrons. The molecule has 0 saturated heterocycles. The molecule has 0 aliphatic rings. The Bertz CT molecular complexity index is 814. The van der Waals surface area contributed by atoms with Gasteiger partial charge in [-0.25, -0.2) is 9.59 Å². The number of imide groups is 1. The lowest BCUT2D eigenvalue weighted by atomic mass is 10.2. The van der Waals surface area contributed by atoms with Gasteiger partial charge in [0.1, 0.15) is 0 Å². The van der Waals surface area contributed by atoms with Crippen LogP contribution in [0, 0.1) is 13.8 Å². The smallest absolute Gasteiger partial charge is 0.340 e. The molecule has 3 amide bonds. The predicted octanol–water partition coefficient (Wildman–Crippen LogP) is 1.72. The normalized spacial score (nSPS) is 10.3. The van der Waals surface area contributed by atoms with Crippen LogP contribution in [0.5, 0.6) is 0 Å². The van der Waals surface area contributed by atoms with Gasteiger partial charge in [-0.05, 0) is 32.0 Å². The molecule has 0 radical (unpaired) electrons. The number of hydrogen-bond acceptors (Lipinski definition) is 5. The van der Waals surface area contributed by atoms with Crippen LogP contribution >= 0.6 is 0 Å². The number of nitrogens with one attached hydrogen (secondary N) is 2. The maximum atomic E-state index is 12.3. The van der Waals surface area contributed by atoms with Crippen molar-refractivity contribution < 1.29 is 23.9 Å². The molecule has 0 aliphatic heterocycles. The number of aryl methyl sites for hydroxylation is 1. The second kappa shape index (κ2) is 9.54. The first-order valence-electron chi connectivity index (χ1n) is 8.42. The van der Waals surface area contributed by atoms with Crippen LogP contribution in [0.25, 0.3) is 5.69 Å². The van der Waals surface area contributed by atoms with Gasteiger partial charge in [-0.15, -0.1) is 0 Å². The maximum absolute atomic E-state index is 12.3. The van der Waals surface area contributed by atoms with Gasteiger partial charge in [-0.2, -0.15) is 0 Å². The van der Waals surface area contributed by atoms with Gasteiger partial charge < -0.3 is 19.4 Å². The molecule has 0 spiro atoms. The number of benzene rings is 1. The third-order valence-electron chi connectivity index (χ3n) is 3.84. The van der Waals surface area contributed by atoms with Gasteiger partial charge in [0.05, 0.1) is 12.2 Å². The van der Waals surface area contributed by atoms with Crippen LogP contribution in [0.4, 0.5) is 4.79 Å². The third kappa shape index (κ3) is 5.42. The molecular weight excluding hydrogens is 350 g/mol. The number of urea groups is 1. The number of rotatable bonds is 7. The highest BCUT2D eigenvalue weighted by Crippen LogP contribution is 2.21. The highest BCUT2D eigenvalue weighted by atomic mass is 16.5. The van der Waals surface area contributed by atoms with Gasteiger partial charge in [-0.3, -0.25) is 10.1 Å². The highest BCUT2D eigenvalue weighted by molar-refractivity contribution is 5.97. The number of carbonyl (C=O) groups excluding carboxylic acids is 3. The van der Waals surface area contributed by atoms with Gasteiger partial charge >= 0.3 is 12.0 Å². The van der Waals surface area contributed by atoms with E-state index in [-0.39, 0.29) is 6.54 Å². The van der Waals surface area contributed by atoms with Crippen molar-refractivity contribution in [2.75, 3.05) is 26.9 Å². The summed E-state index contributed by atoms with van der Waals surface area (Å²) in [5, 5.41) is 4.51. The second-order valence-corrected chi connectivity index (χ2v) is 5.83. The highest BCUT2D eigenvalue weighted by Gasteiger charge is 2.19. The summed E-state index contributed by atoms with van der Waals surface area (Å²) < 4.78 is 11.7. The first-order chi connectivity index (χ1) is 12.9. The molecule has 2 N–H and O–H groups in total. The Morgan fingerprint density at radius 3 is 2.48 bits per heavy atom. The summed E-state index contributed by atoms with van der Waals surface area (Å²) in [6.07, 6.45) is 0. The zero-order valence-electron chi connectivity index (χ0n) is 15.6. The largest absolute Gasteiger partial charge is 0.452 e. The van der Waals surface area contributed by atoms with Gasteiger partial charge in [0, 0.05) is 30.7 Å². The van der Waals surface area contributed by atoms with Crippen molar-refractivity contribution >= 4 is 17.9 Å². The number of hydrogen-bond donors (Lipinski definition) is 2. The van der Waals surface area contributed by atoms with Gasteiger partial charge in [0.15, 0.2) is 6.61 Å². The quantitative estimate of drug-likeness (QED) is 0.569. The fraction of sp³-hybridized carbons (Fsp3) is 0.316. The second-order valence-electron chi connectivity index (χ2n) is 5.83. The van der Waals surface area contributed by atoms with E-state index in [1.807, 2.05) is 41.8 Å². The average molecular weight is 373 g/mol. The summed E-state index contributed by atoms with van der Waals surface area (Å²) in [6, 6.07) is 10.6. The summed E-state index contributed by atoms with van der Waals surface area (Å²) >= 11 is 0. The monoisotopic (exact) mass is 373 g/mol. The molecule has 1 aromatic carbocycles. The van der Waals surface area contributed by atoms with Crippen molar-refractivity contribution in [3.05, 3.63) is 53.3 Å². The van der Waals surface area contributed by atoms with E-state index in [4.69, 9.17) is 9.47 Å². The number of nitrogens with zero attached hydrogens (tertiary/aromatic N) is 1. The fourth-order valence-corrected chi connectivity index (χ4v) is 2.63. The number of para-hydroxylation sites is 1. The molecule has 0 aliphatic carbocycles. The summed E-state index contributed by atoms with van der Waals surface area (Å²) in [5.74, 6) is -1.34. The average Bonchev–Trinajstić information content (AvgIpc) is 2.95. The Labute approximate surface area is 157 Å². The lowest BCUT2D eigenvalue weighted by Gasteiger charge is -2.10. The van der Waals surface area contributed by atoms with Crippen molar-refractivity contribution in [1.82, 2.24) is 15.2 Å². The SMILES string of the molecule is COCCNC(=O)NC(=O)COC(=O)c1cc(C)n(-c2ccccc2)c1C. The third-order valence-corrected chi connectivity index (χ3v) is 3.84. The molecule has 1 aromatic heterocycles. The van der Waals surface area contributed by atoms with Crippen LogP contribution in [-0.4, -0.2) is 49.3 Å². The molecule has 27 heavy (non-hydrogen) atoms. The molecular formula is C19H23N3O5. The number of amides is 3. The molecule has 0 unspecified atom stereocenters. The Morgan fingerprint density at radius 1 is 1.11 bits per heavy atom. The van der Waals surface area contributed by atoms with Crippen molar-refractivity contribution in [3.8, 4) is 5.69 Å². The van der Waals surface area contributed by atoms with Crippen molar-refractivity contribution in [2.45, 2.75) is 13.8 Å². The standard InChI is InChI=1S/C19H23N3O5/c1-13-11-16(14(2)22(13)15-7-5-4-6-8-15)18(24)27-12-17(23)21-19(25)20-9-10-26-3/h4-8,11H,9-10,12H2,1-3H3,(H2,20,21,23,25). The minimum atomic E-state index is -0.713. The fourth-order valence-electron chi connectivity index (χ4n) is 2.63. The molecule has 8 heteroatoms. The summed E-state index contributed by atoms with van der Waals surface area (Å²) in [6.45, 7) is 3.73. The van der Waals surface area contributed by atoms with Crippen LogP contribution in [-0.2, 0) is 14.3 Å². The number of carbonyl (C=O) groups is 3. The Morgan fingerprint density at radius 2 is 1.81 bits per heavy atom. The molecule has 0 saturated carbocycles. The molecule has 2 rings (SSSR count). The predicted molar refractivity (Wildman–Crippen MR) is 98.9 cm³/mol. The topological polar surface area (TPSA) is 98.7 Å². The summed E-state index contributed by atoms with van der Waals surface area (Å²) in [4.78, 5) is 35.5. The van der Waals surface area contributed by atoms with Gasteiger partial charge in [-0.1, -0.05) is 18.2 Å². The number of ether oxygens (including phenoxy) is 2. The van der Waals surface area contributed by atoms with E-state index in [0.717, 1.165) is 11.4 Å². The van der Waals surface area contributed by atoms with E-state index in [9.17, 15) is 14.4 Å². The maximum Gasteiger partial charge on any atom is 0.340 e. The summed E-state index contributed by atoms with van der Waals surface area (Å²) in [7, 11) is 1.50. The van der Waals surface area contributed by atoms with Crippen LogP contribution in [0.1, 0.15) is 21.7 Å². The van der Waals surface area contributed by atoms with E-state index < -0.39 is 24.5 Å². The van der Waals surface area contributed by atoms with Crippen molar-refractivity contribution in [1.29, 1.82) is 0 Å². The number of methoxy groups -OCH3 is 1. The Balaban J connectivity index is 1.95. The molecule has 0 bridgehead atoms. The van der Waals surface area contributed by atoms with E-state index in [1.165, 1.54) is 7.11 Å². The number of aromatic nitrogens is 1. The van der Waals surface area contributed by atoms with Crippen LogP contribution in [0.3, 0.4) is 0 Å². The van der Waals surface area contributed by atoms with E-state index in [1.54, 1.807) is 13.0 Å². The lowest BCUT2D eigenvalue weighted by Crippen LogP contribution is -2.42. The van der Waals surface area contributed by atoms with Crippen molar-refractivity contribution in [3.63, 3.8) is 0 Å². The Hall–Kier alpha value is -3.13. The first-order valence-corrected chi connectivity index (χ1v) is 8.42. The first kappa shape index (κ1) is 20.2.